The molecule has 1 saturated heterocycles. The molecule has 0 bridgehead atoms. The molecule has 2 rings (SSSR count). The van der Waals surface area contributed by atoms with Crippen molar-refractivity contribution in [2.24, 2.45) is 11.8 Å². The molecule has 1 aromatic heterocycles. The topological polar surface area (TPSA) is 29.0 Å². The van der Waals surface area contributed by atoms with Crippen molar-refractivity contribution >= 4 is 17.4 Å². The number of piperidine rings is 1. The van der Waals surface area contributed by atoms with E-state index in [4.69, 9.17) is 11.6 Å². The van der Waals surface area contributed by atoms with E-state index in [0.29, 0.717) is 5.88 Å². The van der Waals surface area contributed by atoms with E-state index < -0.39 is 0 Å². The Balaban J connectivity index is 2.16. The summed E-state index contributed by atoms with van der Waals surface area (Å²) < 4.78 is 0. The van der Waals surface area contributed by atoms with Gasteiger partial charge in [0.25, 0.3) is 0 Å². The third-order valence-electron chi connectivity index (χ3n) is 3.00. The van der Waals surface area contributed by atoms with Crippen molar-refractivity contribution in [3.8, 4) is 0 Å². The number of anilines is 1. The molecule has 0 N–H and O–H groups in total. The highest BCUT2D eigenvalue weighted by molar-refractivity contribution is 6.16. The van der Waals surface area contributed by atoms with E-state index in [0.717, 1.165) is 36.4 Å². The fraction of sp³-hybridized carbons (Fsp3) is 0.667. The van der Waals surface area contributed by atoms with Gasteiger partial charge in [0.05, 0.1) is 17.8 Å². The van der Waals surface area contributed by atoms with Crippen molar-refractivity contribution < 1.29 is 0 Å². The normalized spacial score (nSPS) is 25.8. The van der Waals surface area contributed by atoms with Crippen LogP contribution in [0.25, 0.3) is 0 Å². The Hall–Kier alpha value is -0.830. The summed E-state index contributed by atoms with van der Waals surface area (Å²) in [6.07, 6.45) is 4.87. The van der Waals surface area contributed by atoms with Crippen molar-refractivity contribution in [3.05, 3.63) is 18.1 Å². The van der Waals surface area contributed by atoms with Crippen LogP contribution in [0.4, 0.5) is 5.82 Å². The lowest BCUT2D eigenvalue weighted by molar-refractivity contribution is 0.355. The molecule has 0 amide bonds. The van der Waals surface area contributed by atoms with E-state index in [9.17, 15) is 0 Å². The van der Waals surface area contributed by atoms with E-state index in [1.54, 1.807) is 6.20 Å². The van der Waals surface area contributed by atoms with Gasteiger partial charge in [-0.3, -0.25) is 4.98 Å². The molecule has 1 fully saturated rings. The van der Waals surface area contributed by atoms with Gasteiger partial charge < -0.3 is 4.90 Å². The minimum absolute atomic E-state index is 0.430. The Bertz CT molecular complexity index is 346. The SMILES string of the molecule is CC1CC(C)CN(c2cncc(CCl)n2)C1. The molecule has 2 atom stereocenters. The van der Waals surface area contributed by atoms with E-state index in [-0.39, 0.29) is 0 Å². The molecular formula is C12H18ClN3. The van der Waals surface area contributed by atoms with Crippen LogP contribution in [0.3, 0.4) is 0 Å². The molecule has 1 aromatic rings. The molecular weight excluding hydrogens is 222 g/mol. The summed E-state index contributed by atoms with van der Waals surface area (Å²) in [5.41, 5.74) is 0.852. The lowest BCUT2D eigenvalue weighted by Gasteiger charge is -2.35. The van der Waals surface area contributed by atoms with Crippen LogP contribution in [0.2, 0.25) is 0 Å². The van der Waals surface area contributed by atoms with Crippen LogP contribution in [-0.2, 0) is 5.88 Å². The predicted octanol–water partition coefficient (Wildman–Crippen LogP) is 2.70. The number of hydrogen-bond donors (Lipinski definition) is 0. The van der Waals surface area contributed by atoms with Crippen molar-refractivity contribution in [3.63, 3.8) is 0 Å². The standard InChI is InChI=1S/C12H18ClN3/c1-9-3-10(2)8-16(7-9)12-6-14-5-11(4-13)15-12/h5-6,9-10H,3-4,7-8H2,1-2H3. The lowest BCUT2D eigenvalue weighted by atomic mass is 9.92. The zero-order chi connectivity index (χ0) is 11.5. The van der Waals surface area contributed by atoms with Gasteiger partial charge in [-0.15, -0.1) is 11.6 Å². The van der Waals surface area contributed by atoms with Crippen LogP contribution in [-0.4, -0.2) is 23.1 Å². The molecule has 1 aliphatic heterocycles. The minimum atomic E-state index is 0.430. The average Bonchev–Trinajstić information content (AvgIpc) is 2.28. The molecule has 2 unspecified atom stereocenters. The van der Waals surface area contributed by atoms with Gasteiger partial charge in [0, 0.05) is 19.3 Å². The van der Waals surface area contributed by atoms with E-state index in [2.05, 4.69) is 28.7 Å². The summed E-state index contributed by atoms with van der Waals surface area (Å²) in [6.45, 7) is 6.73. The quantitative estimate of drug-likeness (QED) is 0.744. The summed E-state index contributed by atoms with van der Waals surface area (Å²) in [5.74, 6) is 2.85. The molecule has 0 saturated carbocycles. The van der Waals surface area contributed by atoms with Crippen molar-refractivity contribution in [2.45, 2.75) is 26.1 Å². The number of alkyl halides is 1. The van der Waals surface area contributed by atoms with Gasteiger partial charge >= 0.3 is 0 Å². The molecule has 0 spiro atoms. The van der Waals surface area contributed by atoms with Gasteiger partial charge in [-0.25, -0.2) is 4.98 Å². The van der Waals surface area contributed by atoms with Gasteiger partial charge in [0.1, 0.15) is 5.82 Å². The van der Waals surface area contributed by atoms with Gasteiger partial charge in [-0.1, -0.05) is 13.8 Å². The Kier molecular flexibility index (Phi) is 3.64. The van der Waals surface area contributed by atoms with E-state index in [1.165, 1.54) is 6.42 Å². The van der Waals surface area contributed by atoms with Gasteiger partial charge in [-0.05, 0) is 18.3 Å². The monoisotopic (exact) mass is 239 g/mol. The maximum atomic E-state index is 5.77. The van der Waals surface area contributed by atoms with Crippen LogP contribution >= 0.6 is 11.6 Å². The first-order valence-electron chi connectivity index (χ1n) is 5.81. The molecule has 2 heterocycles. The van der Waals surface area contributed by atoms with Crippen molar-refractivity contribution in [2.75, 3.05) is 18.0 Å². The second kappa shape index (κ2) is 5.00. The fourth-order valence-corrected chi connectivity index (χ4v) is 2.59. The number of rotatable bonds is 2. The molecule has 3 nitrogen and oxygen atoms in total. The highest BCUT2D eigenvalue weighted by atomic mass is 35.5. The largest absolute Gasteiger partial charge is 0.355 e. The number of hydrogen-bond acceptors (Lipinski definition) is 3. The summed E-state index contributed by atoms with van der Waals surface area (Å²) in [7, 11) is 0. The molecule has 0 aromatic carbocycles. The molecule has 0 aliphatic carbocycles. The average molecular weight is 240 g/mol. The van der Waals surface area contributed by atoms with Crippen molar-refractivity contribution in [1.82, 2.24) is 9.97 Å². The second-order valence-electron chi connectivity index (χ2n) is 4.85. The Labute approximate surface area is 102 Å². The highest BCUT2D eigenvalue weighted by Gasteiger charge is 2.22. The first kappa shape index (κ1) is 11.6. The maximum Gasteiger partial charge on any atom is 0.147 e. The van der Waals surface area contributed by atoms with Crippen LogP contribution in [0, 0.1) is 11.8 Å². The van der Waals surface area contributed by atoms with Gasteiger partial charge in [-0.2, -0.15) is 0 Å². The maximum absolute atomic E-state index is 5.77. The summed E-state index contributed by atoms with van der Waals surface area (Å²) in [5, 5.41) is 0. The third kappa shape index (κ3) is 2.64. The second-order valence-corrected chi connectivity index (χ2v) is 5.12. The summed E-state index contributed by atoms with van der Waals surface area (Å²) in [4.78, 5) is 11.0. The first-order chi connectivity index (χ1) is 7.69. The lowest BCUT2D eigenvalue weighted by Crippen LogP contribution is -2.39. The van der Waals surface area contributed by atoms with E-state index >= 15 is 0 Å². The number of halogens is 1. The smallest absolute Gasteiger partial charge is 0.147 e. The third-order valence-corrected chi connectivity index (χ3v) is 3.28. The highest BCUT2D eigenvalue weighted by Crippen LogP contribution is 2.24. The zero-order valence-electron chi connectivity index (χ0n) is 9.86. The first-order valence-corrected chi connectivity index (χ1v) is 6.34. The molecule has 16 heavy (non-hydrogen) atoms. The van der Waals surface area contributed by atoms with Crippen molar-refractivity contribution in [1.29, 1.82) is 0 Å². The van der Waals surface area contributed by atoms with E-state index in [1.807, 2.05) is 6.20 Å². The van der Waals surface area contributed by atoms with Crippen LogP contribution in [0.15, 0.2) is 12.4 Å². The Morgan fingerprint density at radius 2 is 2.00 bits per heavy atom. The number of aromatic nitrogens is 2. The van der Waals surface area contributed by atoms with Gasteiger partial charge in [0.2, 0.25) is 0 Å². The summed E-state index contributed by atoms with van der Waals surface area (Å²) >= 11 is 5.77. The van der Waals surface area contributed by atoms with Gasteiger partial charge in [0.15, 0.2) is 0 Å². The molecule has 1 aliphatic rings. The van der Waals surface area contributed by atoms with Crippen LogP contribution in [0.5, 0.6) is 0 Å². The summed E-state index contributed by atoms with van der Waals surface area (Å²) in [6, 6.07) is 0. The number of nitrogens with zero attached hydrogens (tertiary/aromatic N) is 3. The molecule has 0 radical (unpaired) electrons. The zero-order valence-corrected chi connectivity index (χ0v) is 10.6. The molecule has 4 heteroatoms. The fourth-order valence-electron chi connectivity index (χ4n) is 2.46. The molecule has 88 valence electrons. The van der Waals surface area contributed by atoms with Crippen LogP contribution in [0.1, 0.15) is 26.0 Å². The Morgan fingerprint density at radius 3 is 2.62 bits per heavy atom. The Morgan fingerprint density at radius 1 is 1.31 bits per heavy atom. The van der Waals surface area contributed by atoms with Crippen LogP contribution < -0.4 is 4.90 Å². The predicted molar refractivity (Wildman–Crippen MR) is 66.7 cm³/mol. The minimum Gasteiger partial charge on any atom is -0.355 e.